The van der Waals surface area contributed by atoms with Gasteiger partial charge in [-0.2, -0.15) is 0 Å². The number of ether oxygens (including phenoxy) is 1. The molecule has 1 aliphatic carbocycles. The average Bonchev–Trinajstić information content (AvgIpc) is 2.10. The van der Waals surface area contributed by atoms with E-state index >= 15 is 0 Å². The lowest BCUT2D eigenvalue weighted by molar-refractivity contribution is 0.0445. The Morgan fingerprint density at radius 2 is 2.33 bits per heavy atom. The van der Waals surface area contributed by atoms with E-state index in [0.717, 1.165) is 18.5 Å². The minimum absolute atomic E-state index is 0.0618. The van der Waals surface area contributed by atoms with Gasteiger partial charge in [0.25, 0.3) is 0 Å². The number of hydrogen-bond acceptors (Lipinski definition) is 3. The summed E-state index contributed by atoms with van der Waals surface area (Å²) in [5, 5.41) is 0.680. The Morgan fingerprint density at radius 1 is 1.60 bits per heavy atom. The van der Waals surface area contributed by atoms with E-state index in [1.165, 1.54) is 0 Å². The zero-order valence-electron chi connectivity index (χ0n) is 8.02. The molecule has 1 aromatic rings. The van der Waals surface area contributed by atoms with Crippen LogP contribution >= 0.6 is 11.6 Å². The van der Waals surface area contributed by atoms with Crippen molar-refractivity contribution in [1.82, 2.24) is 4.98 Å². The van der Waals surface area contributed by atoms with E-state index in [0.29, 0.717) is 10.9 Å². The number of primary amides is 1. The average molecular weight is 227 g/mol. The van der Waals surface area contributed by atoms with Crippen LogP contribution in [0.1, 0.15) is 24.5 Å². The highest BCUT2D eigenvalue weighted by Crippen LogP contribution is 2.38. The molecule has 2 rings (SSSR count). The van der Waals surface area contributed by atoms with Gasteiger partial charge in [0, 0.05) is 22.8 Å². The molecule has 0 atom stereocenters. The van der Waals surface area contributed by atoms with E-state index in [1.54, 1.807) is 12.3 Å². The largest absolute Gasteiger partial charge is 0.446 e. The normalized spacial score (nSPS) is 24.3. The van der Waals surface area contributed by atoms with Gasteiger partial charge in [0.15, 0.2) is 0 Å². The van der Waals surface area contributed by atoms with Gasteiger partial charge in [0.1, 0.15) is 6.10 Å². The third-order valence-electron chi connectivity index (χ3n) is 2.54. The second kappa shape index (κ2) is 4.06. The summed E-state index contributed by atoms with van der Waals surface area (Å²) in [5.41, 5.74) is 5.86. The van der Waals surface area contributed by atoms with Gasteiger partial charge in [-0.25, -0.2) is 4.79 Å². The number of rotatable bonds is 2. The van der Waals surface area contributed by atoms with Gasteiger partial charge >= 0.3 is 6.09 Å². The Balaban J connectivity index is 1.92. The molecule has 0 radical (unpaired) electrons. The first-order valence-electron chi connectivity index (χ1n) is 4.72. The minimum Gasteiger partial charge on any atom is -0.446 e. The number of pyridine rings is 1. The van der Waals surface area contributed by atoms with Crippen LogP contribution in [-0.2, 0) is 4.74 Å². The Bertz CT molecular complexity index is 377. The molecule has 5 heteroatoms. The first kappa shape index (κ1) is 10.2. The number of nitrogens with two attached hydrogens (primary N) is 1. The maximum absolute atomic E-state index is 10.5. The Labute approximate surface area is 92.4 Å². The summed E-state index contributed by atoms with van der Waals surface area (Å²) in [4.78, 5) is 14.7. The van der Waals surface area contributed by atoms with Crippen molar-refractivity contribution in [2.24, 2.45) is 5.73 Å². The number of carbonyl (C=O) groups is 1. The maximum atomic E-state index is 10.5. The second-order valence-electron chi connectivity index (χ2n) is 3.63. The van der Waals surface area contributed by atoms with E-state index < -0.39 is 6.09 Å². The van der Waals surface area contributed by atoms with Crippen molar-refractivity contribution in [3.63, 3.8) is 0 Å². The molecular weight excluding hydrogens is 216 g/mol. The molecule has 80 valence electrons. The van der Waals surface area contributed by atoms with Crippen molar-refractivity contribution in [3.8, 4) is 0 Å². The Morgan fingerprint density at radius 3 is 2.93 bits per heavy atom. The smallest absolute Gasteiger partial charge is 0.404 e. The number of carbonyl (C=O) groups excluding carboxylic acids is 1. The molecule has 1 aromatic heterocycles. The molecule has 4 nitrogen and oxygen atoms in total. The first-order chi connectivity index (χ1) is 7.15. The molecule has 1 aliphatic rings. The van der Waals surface area contributed by atoms with Crippen LogP contribution in [0.25, 0.3) is 0 Å². The molecule has 0 aromatic carbocycles. The number of amides is 1. The monoisotopic (exact) mass is 226 g/mol. The van der Waals surface area contributed by atoms with Gasteiger partial charge < -0.3 is 10.5 Å². The number of hydrogen-bond donors (Lipinski definition) is 1. The summed E-state index contributed by atoms with van der Waals surface area (Å²) in [6.07, 6.45) is 2.46. The van der Waals surface area contributed by atoms with Gasteiger partial charge in [0.2, 0.25) is 0 Å². The highest BCUT2D eigenvalue weighted by atomic mass is 35.5. The van der Waals surface area contributed by atoms with Gasteiger partial charge in [-0.05, 0) is 25.0 Å². The fraction of sp³-hybridized carbons (Fsp3) is 0.400. The second-order valence-corrected chi connectivity index (χ2v) is 4.06. The van der Waals surface area contributed by atoms with Crippen molar-refractivity contribution in [2.75, 3.05) is 0 Å². The molecule has 1 heterocycles. The van der Waals surface area contributed by atoms with Gasteiger partial charge in [-0.3, -0.25) is 4.98 Å². The SMILES string of the molecule is NC(=O)OC1CC(c2cc(Cl)ccn2)C1. The van der Waals surface area contributed by atoms with Crippen molar-refractivity contribution in [1.29, 1.82) is 0 Å². The summed E-state index contributed by atoms with van der Waals surface area (Å²) < 4.78 is 4.85. The summed E-state index contributed by atoms with van der Waals surface area (Å²) in [6.45, 7) is 0. The molecule has 0 saturated heterocycles. The van der Waals surface area contributed by atoms with E-state index in [-0.39, 0.29) is 6.10 Å². The van der Waals surface area contributed by atoms with Crippen LogP contribution in [0.5, 0.6) is 0 Å². The quantitative estimate of drug-likeness (QED) is 0.840. The van der Waals surface area contributed by atoms with Crippen molar-refractivity contribution >= 4 is 17.7 Å². The van der Waals surface area contributed by atoms with Crippen LogP contribution in [0, 0.1) is 0 Å². The van der Waals surface area contributed by atoms with E-state index in [1.807, 2.05) is 6.07 Å². The van der Waals surface area contributed by atoms with Gasteiger partial charge in [-0.15, -0.1) is 0 Å². The van der Waals surface area contributed by atoms with E-state index in [9.17, 15) is 4.79 Å². The minimum atomic E-state index is -0.711. The summed E-state index contributed by atoms with van der Waals surface area (Å²) in [7, 11) is 0. The molecular formula is C10H11ClN2O2. The van der Waals surface area contributed by atoms with Crippen LogP contribution < -0.4 is 5.73 Å². The first-order valence-corrected chi connectivity index (χ1v) is 5.10. The zero-order chi connectivity index (χ0) is 10.8. The van der Waals surface area contributed by atoms with Crippen LogP contribution in [-0.4, -0.2) is 17.2 Å². The molecule has 0 unspecified atom stereocenters. The molecule has 1 amide bonds. The summed E-state index contributed by atoms with van der Waals surface area (Å²) in [6, 6.07) is 3.58. The van der Waals surface area contributed by atoms with Crippen LogP contribution in [0.15, 0.2) is 18.3 Å². The van der Waals surface area contributed by atoms with Crippen molar-refractivity contribution in [3.05, 3.63) is 29.0 Å². The predicted octanol–water partition coefficient (Wildman–Crippen LogP) is 2.08. The highest BCUT2D eigenvalue weighted by Gasteiger charge is 2.33. The highest BCUT2D eigenvalue weighted by molar-refractivity contribution is 6.30. The fourth-order valence-electron chi connectivity index (χ4n) is 1.71. The number of halogens is 1. The summed E-state index contributed by atoms with van der Waals surface area (Å²) in [5.74, 6) is 0.327. The van der Waals surface area contributed by atoms with Crippen molar-refractivity contribution in [2.45, 2.75) is 24.9 Å². The van der Waals surface area contributed by atoms with Gasteiger partial charge in [-0.1, -0.05) is 11.6 Å². The molecule has 2 N–H and O–H groups in total. The third kappa shape index (κ3) is 2.39. The molecule has 1 saturated carbocycles. The molecule has 0 aliphatic heterocycles. The Hall–Kier alpha value is -1.29. The number of nitrogens with zero attached hydrogens (tertiary/aromatic N) is 1. The van der Waals surface area contributed by atoms with E-state index in [2.05, 4.69) is 4.98 Å². The molecule has 15 heavy (non-hydrogen) atoms. The standard InChI is InChI=1S/C10H11ClN2O2/c11-7-1-2-13-9(5-7)6-3-8(4-6)15-10(12)14/h1-2,5-6,8H,3-4H2,(H2,12,14). The molecule has 0 bridgehead atoms. The Kier molecular flexibility index (Phi) is 2.77. The lowest BCUT2D eigenvalue weighted by atomic mass is 9.80. The third-order valence-corrected chi connectivity index (χ3v) is 2.77. The summed E-state index contributed by atoms with van der Waals surface area (Å²) >= 11 is 5.85. The fourth-order valence-corrected chi connectivity index (χ4v) is 1.88. The maximum Gasteiger partial charge on any atom is 0.404 e. The lowest BCUT2D eigenvalue weighted by Crippen LogP contribution is -2.34. The van der Waals surface area contributed by atoms with Crippen LogP contribution in [0.3, 0.4) is 0 Å². The van der Waals surface area contributed by atoms with Crippen LogP contribution in [0.2, 0.25) is 5.02 Å². The topological polar surface area (TPSA) is 65.2 Å². The zero-order valence-corrected chi connectivity index (χ0v) is 8.78. The lowest BCUT2D eigenvalue weighted by Gasteiger charge is -2.33. The van der Waals surface area contributed by atoms with Crippen LogP contribution in [0.4, 0.5) is 4.79 Å². The predicted molar refractivity (Wildman–Crippen MR) is 55.7 cm³/mol. The molecule has 1 fully saturated rings. The van der Waals surface area contributed by atoms with Gasteiger partial charge in [0.05, 0.1) is 0 Å². The molecule has 0 spiro atoms. The van der Waals surface area contributed by atoms with Crippen molar-refractivity contribution < 1.29 is 9.53 Å². The van der Waals surface area contributed by atoms with E-state index in [4.69, 9.17) is 22.1 Å². The number of aromatic nitrogens is 1.